The third kappa shape index (κ3) is 4.94. The monoisotopic (exact) mass is 458 g/mol. The Hall–Kier alpha value is -2.99. The molecule has 8 nitrogen and oxygen atoms in total. The second-order valence-electron chi connectivity index (χ2n) is 6.18. The number of carbonyl (C=O) groups excluding carboxylic acids is 2. The number of imidazole rings is 1. The zero-order valence-electron chi connectivity index (χ0n) is 15.5. The second kappa shape index (κ2) is 8.40. The first-order valence-electron chi connectivity index (χ1n) is 8.33. The van der Waals surface area contributed by atoms with E-state index >= 15 is 0 Å². The van der Waals surface area contributed by atoms with Crippen LogP contribution in [0.2, 0.25) is 5.02 Å². The molecule has 0 saturated carbocycles. The number of nitrogens with zero attached hydrogens (tertiary/aromatic N) is 4. The number of aromatic nitrogens is 4. The van der Waals surface area contributed by atoms with Crippen LogP contribution in [0.25, 0.3) is 0 Å². The molecule has 0 saturated heterocycles. The average Bonchev–Trinajstić information content (AvgIpc) is 3.31. The summed E-state index contributed by atoms with van der Waals surface area (Å²) < 4.78 is 40.4. The van der Waals surface area contributed by atoms with Gasteiger partial charge < -0.3 is 15.2 Å². The summed E-state index contributed by atoms with van der Waals surface area (Å²) in [6, 6.07) is 0.134. The molecule has 158 valence electrons. The van der Waals surface area contributed by atoms with Gasteiger partial charge >= 0.3 is 6.18 Å². The first kappa shape index (κ1) is 21.7. The zero-order chi connectivity index (χ0) is 22.1. The first-order chi connectivity index (χ1) is 14.0. The Labute approximate surface area is 177 Å². The number of halogens is 4. The third-order valence-electron chi connectivity index (χ3n) is 3.81. The van der Waals surface area contributed by atoms with Gasteiger partial charge in [0.2, 0.25) is 0 Å². The van der Waals surface area contributed by atoms with Crippen molar-refractivity contribution in [1.29, 1.82) is 0 Å². The van der Waals surface area contributed by atoms with Crippen molar-refractivity contribution >= 4 is 40.6 Å². The number of nitrogens with one attached hydrogen (secondary N) is 2. The maximum atomic E-state index is 12.9. The Bertz CT molecular complexity index is 1100. The number of rotatable bonds is 5. The minimum absolute atomic E-state index is 0.134. The number of anilines is 1. The van der Waals surface area contributed by atoms with Gasteiger partial charge in [-0.15, -0.1) is 11.3 Å². The minimum atomic E-state index is -4.68. The van der Waals surface area contributed by atoms with Crippen molar-refractivity contribution < 1.29 is 22.8 Å². The van der Waals surface area contributed by atoms with Crippen molar-refractivity contribution in [2.45, 2.75) is 19.1 Å². The van der Waals surface area contributed by atoms with Crippen LogP contribution in [-0.2, 0) is 13.2 Å². The molecule has 0 aliphatic heterocycles. The highest BCUT2D eigenvalue weighted by Gasteiger charge is 2.34. The molecule has 3 rings (SSSR count). The lowest BCUT2D eigenvalue weighted by Crippen LogP contribution is -2.26. The van der Waals surface area contributed by atoms with E-state index in [9.17, 15) is 22.8 Å². The van der Waals surface area contributed by atoms with Crippen LogP contribution in [0.5, 0.6) is 0 Å². The molecule has 2 N–H and O–H groups in total. The fraction of sp³-hybridized carbons (Fsp3) is 0.235. The Balaban J connectivity index is 1.68. The smallest absolute Gasteiger partial charge is 0.342 e. The third-order valence-corrected chi connectivity index (χ3v) is 5.29. The van der Waals surface area contributed by atoms with Crippen LogP contribution >= 0.6 is 22.9 Å². The molecule has 13 heteroatoms. The van der Waals surface area contributed by atoms with E-state index in [0.29, 0.717) is 11.1 Å². The van der Waals surface area contributed by atoms with Gasteiger partial charge in [-0.3, -0.25) is 9.59 Å². The molecule has 0 bridgehead atoms. The quantitative estimate of drug-likeness (QED) is 0.607. The van der Waals surface area contributed by atoms with E-state index in [4.69, 9.17) is 11.6 Å². The number of amides is 2. The summed E-state index contributed by atoms with van der Waals surface area (Å²) in [5.74, 6) is -1.40. The normalized spacial score (nSPS) is 12.5. The Kier molecular flexibility index (Phi) is 6.08. The van der Waals surface area contributed by atoms with E-state index in [1.54, 1.807) is 24.7 Å². The van der Waals surface area contributed by atoms with Crippen molar-refractivity contribution in [3.8, 4) is 0 Å². The predicted molar refractivity (Wildman–Crippen MR) is 103 cm³/mol. The number of aryl methyl sites for hydroxylation is 1. The van der Waals surface area contributed by atoms with Gasteiger partial charge in [-0.25, -0.2) is 15.0 Å². The Morgan fingerprint density at radius 1 is 1.20 bits per heavy atom. The molecular formula is C17H14ClF3N6O2S. The maximum absolute atomic E-state index is 12.9. The highest BCUT2D eigenvalue weighted by atomic mass is 35.5. The molecule has 3 heterocycles. The van der Waals surface area contributed by atoms with Gasteiger partial charge in [-0.1, -0.05) is 11.6 Å². The van der Waals surface area contributed by atoms with Crippen molar-refractivity contribution in [1.82, 2.24) is 24.8 Å². The van der Waals surface area contributed by atoms with Gasteiger partial charge in [0.25, 0.3) is 11.8 Å². The SMILES string of the molecule is CC(NC(=O)c1cn(C)cn1)c1ncc(C(=O)Nc2cc(C(F)(F)F)c(Cl)cn2)s1. The lowest BCUT2D eigenvalue weighted by Gasteiger charge is -2.10. The van der Waals surface area contributed by atoms with E-state index in [2.05, 4.69) is 25.6 Å². The fourth-order valence-corrected chi connectivity index (χ4v) is 3.38. The highest BCUT2D eigenvalue weighted by Crippen LogP contribution is 2.35. The van der Waals surface area contributed by atoms with Gasteiger partial charge in [0, 0.05) is 19.4 Å². The summed E-state index contributed by atoms with van der Waals surface area (Å²) >= 11 is 6.50. The Morgan fingerprint density at radius 3 is 2.57 bits per heavy atom. The van der Waals surface area contributed by atoms with Gasteiger partial charge in [0.05, 0.1) is 29.2 Å². The molecule has 3 aromatic rings. The van der Waals surface area contributed by atoms with E-state index in [-0.39, 0.29) is 16.4 Å². The van der Waals surface area contributed by atoms with Gasteiger partial charge in [0.15, 0.2) is 0 Å². The summed E-state index contributed by atoms with van der Waals surface area (Å²) in [5.41, 5.74) is -0.876. The highest BCUT2D eigenvalue weighted by molar-refractivity contribution is 7.13. The largest absolute Gasteiger partial charge is 0.418 e. The summed E-state index contributed by atoms with van der Waals surface area (Å²) in [5, 5.41) is 4.85. The molecule has 0 spiro atoms. The zero-order valence-corrected chi connectivity index (χ0v) is 17.1. The molecule has 3 aromatic heterocycles. The van der Waals surface area contributed by atoms with Crippen LogP contribution < -0.4 is 10.6 Å². The molecule has 0 aliphatic carbocycles. The molecule has 2 amide bonds. The number of pyridine rings is 1. The molecule has 0 radical (unpaired) electrons. The van der Waals surface area contributed by atoms with Crippen LogP contribution in [0.3, 0.4) is 0 Å². The van der Waals surface area contributed by atoms with E-state index in [1.807, 2.05) is 0 Å². The van der Waals surface area contributed by atoms with Gasteiger partial charge in [-0.05, 0) is 13.0 Å². The second-order valence-corrected chi connectivity index (χ2v) is 7.65. The summed E-state index contributed by atoms with van der Waals surface area (Å²) in [7, 11) is 1.73. The average molecular weight is 459 g/mol. The lowest BCUT2D eigenvalue weighted by molar-refractivity contribution is -0.137. The van der Waals surface area contributed by atoms with Crippen molar-refractivity contribution in [2.24, 2.45) is 7.05 Å². The number of alkyl halides is 3. The molecule has 30 heavy (non-hydrogen) atoms. The van der Waals surface area contributed by atoms with Crippen LogP contribution in [-0.4, -0.2) is 31.3 Å². The van der Waals surface area contributed by atoms with Crippen molar-refractivity contribution in [3.63, 3.8) is 0 Å². The molecule has 0 fully saturated rings. The van der Waals surface area contributed by atoms with Gasteiger partial charge in [-0.2, -0.15) is 13.2 Å². The van der Waals surface area contributed by atoms with E-state index < -0.39 is 34.6 Å². The van der Waals surface area contributed by atoms with Crippen LogP contribution in [0.4, 0.5) is 19.0 Å². The van der Waals surface area contributed by atoms with E-state index in [1.165, 1.54) is 12.5 Å². The molecular weight excluding hydrogens is 445 g/mol. The number of hydrogen-bond donors (Lipinski definition) is 2. The molecule has 0 aliphatic rings. The van der Waals surface area contributed by atoms with Crippen LogP contribution in [0.1, 0.15) is 43.7 Å². The first-order valence-corrected chi connectivity index (χ1v) is 9.52. The topological polar surface area (TPSA) is 102 Å². The number of carbonyl (C=O) groups is 2. The van der Waals surface area contributed by atoms with Crippen LogP contribution in [0.15, 0.2) is 31.0 Å². The molecule has 1 unspecified atom stereocenters. The van der Waals surface area contributed by atoms with Crippen molar-refractivity contribution in [2.75, 3.05) is 5.32 Å². The summed E-state index contributed by atoms with van der Waals surface area (Å²) in [4.78, 5) is 36.4. The van der Waals surface area contributed by atoms with Crippen molar-refractivity contribution in [3.05, 3.63) is 57.1 Å². The Morgan fingerprint density at radius 2 is 1.93 bits per heavy atom. The predicted octanol–water partition coefficient (Wildman–Crippen LogP) is 3.69. The van der Waals surface area contributed by atoms with Gasteiger partial charge in [0.1, 0.15) is 21.4 Å². The maximum Gasteiger partial charge on any atom is 0.418 e. The number of thiazole rings is 1. The minimum Gasteiger partial charge on any atom is -0.342 e. The summed E-state index contributed by atoms with van der Waals surface area (Å²) in [6.07, 6.45) is 0.433. The lowest BCUT2D eigenvalue weighted by atomic mass is 10.2. The molecule has 1 atom stereocenters. The summed E-state index contributed by atoms with van der Waals surface area (Å²) in [6.45, 7) is 1.68. The standard InChI is InChI=1S/C17H14ClF3N6O2S/c1-8(25-14(28)11-6-27(2)7-24-11)16-23-5-12(30-16)15(29)26-13-3-9(17(19,20)21)10(18)4-22-13/h3-8H,1-2H3,(H,25,28)(H,22,26,29). The number of hydrogen-bond acceptors (Lipinski definition) is 6. The fourth-order valence-electron chi connectivity index (χ4n) is 2.36. The van der Waals surface area contributed by atoms with Crippen LogP contribution in [0, 0.1) is 0 Å². The molecule has 0 aromatic carbocycles. The van der Waals surface area contributed by atoms with E-state index in [0.717, 1.165) is 17.5 Å².